The Bertz CT molecular complexity index is 538. The summed E-state index contributed by atoms with van der Waals surface area (Å²) in [6.07, 6.45) is 0. The molecule has 7 heteroatoms. The Labute approximate surface area is 120 Å². The van der Waals surface area contributed by atoms with Gasteiger partial charge in [0.05, 0.1) is 17.3 Å². The molecule has 0 saturated heterocycles. The van der Waals surface area contributed by atoms with Crippen LogP contribution in [0.3, 0.4) is 0 Å². The van der Waals surface area contributed by atoms with Crippen LogP contribution in [0, 0.1) is 5.82 Å². The molecule has 1 aliphatic rings. The van der Waals surface area contributed by atoms with Crippen molar-refractivity contribution in [2.45, 2.75) is 12.2 Å². The summed E-state index contributed by atoms with van der Waals surface area (Å²) in [6.45, 7) is 2.68. The van der Waals surface area contributed by atoms with Gasteiger partial charge in [0.2, 0.25) is 0 Å². The van der Waals surface area contributed by atoms with Gasteiger partial charge in [-0.2, -0.15) is 0 Å². The highest BCUT2D eigenvalue weighted by Crippen LogP contribution is 2.29. The lowest BCUT2D eigenvalue weighted by Crippen LogP contribution is -2.41. The van der Waals surface area contributed by atoms with Gasteiger partial charge < -0.3 is 5.32 Å². The van der Waals surface area contributed by atoms with E-state index in [-0.39, 0.29) is 11.1 Å². The molecule has 0 aromatic heterocycles. The Morgan fingerprint density at radius 1 is 1.63 bits per heavy atom. The second-order valence-corrected chi connectivity index (χ2v) is 5.85. The van der Waals surface area contributed by atoms with E-state index in [0.717, 1.165) is 0 Å². The van der Waals surface area contributed by atoms with Crippen molar-refractivity contribution in [1.29, 1.82) is 0 Å². The number of amides is 2. The maximum atomic E-state index is 13.2. The molecule has 19 heavy (non-hydrogen) atoms. The largest absolute Gasteiger partial charge is 0.340 e. The molecule has 0 aliphatic carbocycles. The smallest absolute Gasteiger partial charge is 0.327 e. The maximum absolute atomic E-state index is 13.2. The second-order valence-electron chi connectivity index (χ2n) is 4.04. The van der Waals surface area contributed by atoms with E-state index >= 15 is 0 Å². The van der Waals surface area contributed by atoms with Crippen molar-refractivity contribution in [2.75, 3.05) is 18.5 Å². The number of nitrogens with one attached hydrogen (secondary N) is 1. The van der Waals surface area contributed by atoms with Crippen molar-refractivity contribution in [3.8, 4) is 0 Å². The van der Waals surface area contributed by atoms with E-state index in [4.69, 9.17) is 11.6 Å². The summed E-state index contributed by atoms with van der Waals surface area (Å²) in [4.78, 5) is 17.7. The zero-order chi connectivity index (χ0) is 14.0. The Balaban J connectivity index is 2.37. The molecular weight excluding hydrogens is 289 g/mol. The summed E-state index contributed by atoms with van der Waals surface area (Å²) >= 11 is 7.26. The van der Waals surface area contributed by atoms with E-state index in [1.807, 2.05) is 6.92 Å². The third-order valence-electron chi connectivity index (χ3n) is 2.56. The number of carbonyl (C=O) groups is 1. The lowest BCUT2D eigenvalue weighted by molar-refractivity contribution is 0.251. The number of halogens is 2. The number of thioether (sulfide) groups is 1. The molecule has 1 heterocycles. The van der Waals surface area contributed by atoms with E-state index in [1.54, 1.807) is 0 Å². The van der Waals surface area contributed by atoms with Crippen LogP contribution >= 0.6 is 23.4 Å². The minimum absolute atomic E-state index is 0.0250. The number of carbonyl (C=O) groups excluding carboxylic acids is 1. The number of aliphatic imine (C=N–C) groups is 1. The molecule has 4 nitrogen and oxygen atoms in total. The number of amidine groups is 1. The number of hydrogen-bond donors (Lipinski definition) is 1. The van der Waals surface area contributed by atoms with Gasteiger partial charge in [-0.15, -0.1) is 0 Å². The number of nitrogens with zero attached hydrogens (tertiary/aromatic N) is 2. The Morgan fingerprint density at radius 2 is 2.37 bits per heavy atom. The van der Waals surface area contributed by atoms with Gasteiger partial charge in [-0.3, -0.25) is 4.99 Å². The number of benzene rings is 1. The van der Waals surface area contributed by atoms with Crippen molar-refractivity contribution in [3.63, 3.8) is 0 Å². The van der Waals surface area contributed by atoms with E-state index in [0.29, 0.717) is 22.6 Å². The van der Waals surface area contributed by atoms with Gasteiger partial charge in [-0.1, -0.05) is 30.3 Å². The van der Waals surface area contributed by atoms with E-state index < -0.39 is 5.82 Å². The number of rotatable bonds is 1. The van der Waals surface area contributed by atoms with Crippen LogP contribution in [-0.2, 0) is 0 Å². The van der Waals surface area contributed by atoms with E-state index in [1.165, 1.54) is 41.9 Å². The van der Waals surface area contributed by atoms with Crippen LogP contribution in [0.1, 0.15) is 6.92 Å². The second kappa shape index (κ2) is 5.79. The first-order valence-electron chi connectivity index (χ1n) is 5.71. The van der Waals surface area contributed by atoms with Crippen LogP contribution in [-0.4, -0.2) is 30.0 Å². The van der Waals surface area contributed by atoms with Crippen LogP contribution in [0.2, 0.25) is 5.02 Å². The predicted octanol–water partition coefficient (Wildman–Crippen LogP) is 3.12. The molecule has 102 valence electrons. The molecule has 1 aromatic rings. The minimum atomic E-state index is -0.517. The third kappa shape index (κ3) is 3.01. The molecule has 0 saturated carbocycles. The summed E-state index contributed by atoms with van der Waals surface area (Å²) in [7, 11) is 1.53. The molecule has 0 fully saturated rings. The van der Waals surface area contributed by atoms with Crippen LogP contribution in [0.4, 0.5) is 14.9 Å². The van der Waals surface area contributed by atoms with Gasteiger partial charge in [0.25, 0.3) is 0 Å². The normalized spacial score (nSPS) is 18.1. The van der Waals surface area contributed by atoms with Gasteiger partial charge >= 0.3 is 6.03 Å². The lowest BCUT2D eigenvalue weighted by atomic mass is 10.3. The summed E-state index contributed by atoms with van der Waals surface area (Å²) in [5, 5.41) is 3.43. The van der Waals surface area contributed by atoms with Crippen molar-refractivity contribution >= 4 is 40.2 Å². The fraction of sp³-hybridized carbons (Fsp3) is 0.333. The number of hydrogen-bond acceptors (Lipinski definition) is 3. The highest BCUT2D eigenvalue weighted by molar-refractivity contribution is 8.15. The Hall–Kier alpha value is -1.27. The molecule has 1 atom stereocenters. The van der Waals surface area contributed by atoms with Crippen LogP contribution in [0.25, 0.3) is 0 Å². The van der Waals surface area contributed by atoms with E-state index in [9.17, 15) is 9.18 Å². The molecule has 2 amide bonds. The molecular formula is C12H13ClFN3OS. The summed E-state index contributed by atoms with van der Waals surface area (Å²) in [6, 6.07) is 3.82. The van der Waals surface area contributed by atoms with Gasteiger partial charge in [0.1, 0.15) is 5.82 Å². The first kappa shape index (κ1) is 14.1. The van der Waals surface area contributed by atoms with Gasteiger partial charge in [-0.05, 0) is 18.2 Å². The van der Waals surface area contributed by atoms with Gasteiger partial charge in [0.15, 0.2) is 5.17 Å². The lowest BCUT2D eigenvalue weighted by Gasteiger charge is -2.22. The van der Waals surface area contributed by atoms with Crippen molar-refractivity contribution in [2.24, 2.45) is 4.99 Å². The monoisotopic (exact) mass is 301 g/mol. The third-order valence-corrected chi connectivity index (χ3v) is 3.92. The molecule has 1 aliphatic heterocycles. The highest BCUT2D eigenvalue weighted by Gasteiger charge is 2.27. The fourth-order valence-corrected chi connectivity index (χ4v) is 2.76. The SMILES string of the molecule is CNC(=O)N(C1=NC[C@@H](C)S1)c1ccc(F)c(Cl)c1. The molecule has 0 spiro atoms. The molecule has 0 unspecified atom stereocenters. The molecule has 0 bridgehead atoms. The van der Waals surface area contributed by atoms with Crippen molar-refractivity contribution in [3.05, 3.63) is 29.0 Å². The first-order valence-corrected chi connectivity index (χ1v) is 6.96. The summed E-state index contributed by atoms with van der Waals surface area (Å²) in [5.74, 6) is -0.517. The molecule has 0 radical (unpaired) electrons. The summed E-state index contributed by atoms with van der Waals surface area (Å²) < 4.78 is 13.2. The molecule has 1 N–H and O–H groups in total. The Morgan fingerprint density at radius 3 is 2.89 bits per heavy atom. The summed E-state index contributed by atoms with van der Waals surface area (Å²) in [5.41, 5.74) is 0.492. The fourth-order valence-electron chi connectivity index (χ4n) is 1.64. The number of urea groups is 1. The first-order chi connectivity index (χ1) is 9.02. The predicted molar refractivity (Wildman–Crippen MR) is 77.7 cm³/mol. The van der Waals surface area contributed by atoms with Gasteiger partial charge in [-0.25, -0.2) is 14.1 Å². The highest BCUT2D eigenvalue weighted by atomic mass is 35.5. The van der Waals surface area contributed by atoms with Crippen molar-refractivity contribution in [1.82, 2.24) is 5.32 Å². The van der Waals surface area contributed by atoms with Crippen LogP contribution in [0.15, 0.2) is 23.2 Å². The van der Waals surface area contributed by atoms with E-state index in [2.05, 4.69) is 10.3 Å². The topological polar surface area (TPSA) is 44.7 Å². The molecule has 2 rings (SSSR count). The average molecular weight is 302 g/mol. The number of anilines is 1. The van der Waals surface area contributed by atoms with Crippen LogP contribution < -0.4 is 10.2 Å². The average Bonchev–Trinajstić information content (AvgIpc) is 2.80. The maximum Gasteiger partial charge on any atom is 0.327 e. The zero-order valence-electron chi connectivity index (χ0n) is 10.5. The standard InChI is InChI=1S/C12H13ClFN3OS/c1-7-6-16-12(19-7)17(11(18)15-2)8-3-4-10(14)9(13)5-8/h3-5,7H,6H2,1-2H3,(H,15,18)/t7-/m1/s1. The quantitative estimate of drug-likeness (QED) is 0.866. The minimum Gasteiger partial charge on any atom is -0.340 e. The van der Waals surface area contributed by atoms with Crippen LogP contribution in [0.5, 0.6) is 0 Å². The van der Waals surface area contributed by atoms with Gasteiger partial charge in [0, 0.05) is 12.3 Å². The van der Waals surface area contributed by atoms with Crippen molar-refractivity contribution < 1.29 is 9.18 Å². The Kier molecular flexibility index (Phi) is 4.31. The molecule has 1 aromatic carbocycles. The zero-order valence-corrected chi connectivity index (χ0v) is 12.1.